The lowest BCUT2D eigenvalue weighted by molar-refractivity contribution is -0.124. The molecule has 130 valence electrons. The molecule has 0 saturated carbocycles. The van der Waals surface area contributed by atoms with Gasteiger partial charge >= 0.3 is 0 Å². The Labute approximate surface area is 133 Å². The fraction of sp³-hybridized carbons (Fsp3) is 0.692. The lowest BCUT2D eigenvalue weighted by Crippen LogP contribution is -2.47. The summed E-state index contributed by atoms with van der Waals surface area (Å²) in [6, 6.07) is 0. The number of rotatable bonds is 3. The molecule has 0 atom stereocenters. The molecular weight excluding hydrogens is 313 g/mol. The Bertz CT molecular complexity index is 373. The number of hydrogen-bond acceptors (Lipinski definition) is 5. The maximum Gasteiger partial charge on any atom is 0.209 e. The van der Waals surface area contributed by atoms with E-state index in [9.17, 15) is 23.0 Å². The van der Waals surface area contributed by atoms with Crippen LogP contribution in [-0.2, 0) is 29.0 Å². The van der Waals surface area contributed by atoms with Crippen LogP contribution >= 0.6 is 0 Å². The molecule has 2 aliphatic heterocycles. The Balaban J connectivity index is 0. The van der Waals surface area contributed by atoms with Crippen molar-refractivity contribution in [3.63, 3.8) is 0 Å². The summed E-state index contributed by atoms with van der Waals surface area (Å²) in [6.45, 7) is 2.54. The van der Waals surface area contributed by atoms with Gasteiger partial charge in [0.2, 0.25) is 19.2 Å². The zero-order valence-corrected chi connectivity index (χ0v) is 14.1. The van der Waals surface area contributed by atoms with E-state index in [2.05, 4.69) is 5.87 Å². The van der Waals surface area contributed by atoms with Crippen molar-refractivity contribution in [1.82, 2.24) is 14.7 Å². The van der Waals surface area contributed by atoms with Gasteiger partial charge in [-0.05, 0) is 6.42 Å². The third-order valence-electron chi connectivity index (χ3n) is 2.26. The van der Waals surface area contributed by atoms with E-state index in [1.165, 1.54) is 22.5 Å². The highest BCUT2D eigenvalue weighted by Gasteiger charge is 2.23. The zero-order chi connectivity index (χ0) is 17.5. The molecule has 0 radical (unpaired) electrons. The minimum atomic E-state index is -0.861. The summed E-state index contributed by atoms with van der Waals surface area (Å²) in [5, 5.41) is 0. The van der Waals surface area contributed by atoms with E-state index in [4.69, 9.17) is 0 Å². The summed E-state index contributed by atoms with van der Waals surface area (Å²) >= 11 is 0. The van der Waals surface area contributed by atoms with Gasteiger partial charge in [0.15, 0.2) is 0 Å². The fourth-order valence-corrected chi connectivity index (χ4v) is 0.988. The molecule has 0 aromatic rings. The van der Waals surface area contributed by atoms with Gasteiger partial charge in [0.25, 0.3) is 0 Å². The van der Waals surface area contributed by atoms with E-state index in [1.54, 1.807) is 19.0 Å². The van der Waals surface area contributed by atoms with E-state index >= 15 is 0 Å². The molecule has 7 nitrogen and oxygen atoms in total. The minimum Gasteiger partial charge on any atom is -0.462 e. The summed E-state index contributed by atoms with van der Waals surface area (Å²) < 4.78 is 21.2. The van der Waals surface area contributed by atoms with Gasteiger partial charge in [0.05, 0.1) is 13.1 Å². The van der Waals surface area contributed by atoms with E-state index in [-0.39, 0.29) is 0 Å². The second kappa shape index (κ2) is 14.3. The number of likely N-dealkylation sites (tertiary alicyclic amines) is 2. The molecule has 0 aliphatic carbocycles. The Morgan fingerprint density at radius 2 is 1.50 bits per heavy atom. The molecule has 2 saturated heterocycles. The largest absolute Gasteiger partial charge is 0.462 e. The van der Waals surface area contributed by atoms with Crippen molar-refractivity contribution in [2.45, 2.75) is 12.6 Å². The van der Waals surface area contributed by atoms with Crippen molar-refractivity contribution in [3.05, 3.63) is 0 Å². The highest BCUT2D eigenvalue weighted by molar-refractivity contribution is 7.81. The molecule has 2 heterocycles. The standard InChI is InChI=1S/C4H6FNO.C4H7NO.C3H7NO.C2H5OS/c5-4-1-6(2-4)3-7;6-4-5-2-1-3-5;1-4(2)3-5;1-4(2)3/h3-4H,1-2H2;4H,1-3H2;3H,1-2H3;1H2,2H3/q;;;-1. The number of amides is 3. The first-order valence-electron chi connectivity index (χ1n) is 6.54. The molecule has 2 aliphatic rings. The van der Waals surface area contributed by atoms with Gasteiger partial charge in [0.1, 0.15) is 6.17 Å². The number of carbonyl (C=O) groups is 3. The molecule has 9 heteroatoms. The van der Waals surface area contributed by atoms with Crippen LogP contribution in [0.25, 0.3) is 0 Å². The number of hydrogen-bond donors (Lipinski definition) is 0. The average molecular weight is 338 g/mol. The minimum absolute atomic E-state index is 0.295. The molecule has 0 bridgehead atoms. The van der Waals surface area contributed by atoms with Gasteiger partial charge in [0, 0.05) is 27.2 Å². The second-order valence-electron chi connectivity index (χ2n) is 4.79. The summed E-state index contributed by atoms with van der Waals surface area (Å²) in [7, 11) is 2.51. The Morgan fingerprint density at radius 3 is 1.55 bits per heavy atom. The van der Waals surface area contributed by atoms with Crippen molar-refractivity contribution in [1.29, 1.82) is 0 Å². The maximum atomic E-state index is 11.8. The van der Waals surface area contributed by atoms with Crippen LogP contribution < -0.4 is 0 Å². The number of alkyl halides is 1. The van der Waals surface area contributed by atoms with Crippen LogP contribution in [0.1, 0.15) is 6.42 Å². The molecule has 0 unspecified atom stereocenters. The predicted octanol–water partition coefficient (Wildman–Crippen LogP) is -0.639. The van der Waals surface area contributed by atoms with Crippen molar-refractivity contribution in [2.75, 3.05) is 46.5 Å². The maximum absolute atomic E-state index is 11.8. The summed E-state index contributed by atoms with van der Waals surface area (Å²) in [6.07, 6.45) is 4.27. The van der Waals surface area contributed by atoms with E-state index in [0.29, 0.717) is 19.5 Å². The highest BCUT2D eigenvalue weighted by Crippen LogP contribution is 2.06. The quantitative estimate of drug-likeness (QED) is 0.390. The molecule has 3 amide bonds. The Kier molecular flexibility index (Phi) is 14.7. The molecule has 0 aromatic heterocycles. The van der Waals surface area contributed by atoms with Gasteiger partial charge in [-0.15, -0.1) is 6.26 Å². The van der Waals surface area contributed by atoms with Crippen LogP contribution in [0, 0.1) is 0 Å². The summed E-state index contributed by atoms with van der Waals surface area (Å²) in [5.41, 5.74) is 0. The lowest BCUT2D eigenvalue weighted by Gasteiger charge is -2.29. The van der Waals surface area contributed by atoms with Crippen LogP contribution in [0.3, 0.4) is 0 Å². The summed E-state index contributed by atoms with van der Waals surface area (Å²) in [4.78, 5) is 33.4. The second-order valence-corrected chi connectivity index (χ2v) is 5.94. The van der Waals surface area contributed by atoms with Gasteiger partial charge < -0.3 is 18.9 Å². The first-order chi connectivity index (χ1) is 10.3. The molecule has 0 aromatic carbocycles. The molecular formula is C13H25FN3O4S-. The smallest absolute Gasteiger partial charge is 0.209 e. The molecule has 0 spiro atoms. The average Bonchev–Trinajstić information content (AvgIpc) is 2.34. The van der Waals surface area contributed by atoms with E-state index in [1.807, 2.05) is 0 Å². The zero-order valence-electron chi connectivity index (χ0n) is 13.3. The van der Waals surface area contributed by atoms with E-state index in [0.717, 1.165) is 25.9 Å². The van der Waals surface area contributed by atoms with Crippen LogP contribution in [0.4, 0.5) is 4.39 Å². The number of carbonyl (C=O) groups excluding carboxylic acids is 3. The summed E-state index contributed by atoms with van der Waals surface area (Å²) in [5.74, 6) is 3.11. The predicted molar refractivity (Wildman–Crippen MR) is 85.6 cm³/mol. The van der Waals surface area contributed by atoms with Crippen LogP contribution in [-0.4, -0.2) is 92.5 Å². The topological polar surface area (TPSA) is 78.0 Å². The monoisotopic (exact) mass is 338 g/mol. The molecule has 2 fully saturated rings. The van der Waals surface area contributed by atoms with Gasteiger partial charge in [-0.3, -0.25) is 24.8 Å². The normalized spacial score (nSPS) is 15.3. The third-order valence-corrected chi connectivity index (χ3v) is 2.26. The van der Waals surface area contributed by atoms with Crippen molar-refractivity contribution in [3.8, 4) is 0 Å². The van der Waals surface area contributed by atoms with Crippen LogP contribution in [0.5, 0.6) is 0 Å². The van der Waals surface area contributed by atoms with Gasteiger partial charge in [-0.1, -0.05) is 0 Å². The number of nitrogens with zero attached hydrogens (tertiary/aromatic N) is 3. The fourth-order valence-electron chi connectivity index (χ4n) is 0.988. The van der Waals surface area contributed by atoms with Crippen LogP contribution in [0.2, 0.25) is 0 Å². The first-order valence-corrected chi connectivity index (χ1v) is 8.27. The molecule has 2 rings (SSSR count). The van der Waals surface area contributed by atoms with Gasteiger partial charge in [-0.25, -0.2) is 4.39 Å². The van der Waals surface area contributed by atoms with Gasteiger partial charge in [-0.2, -0.15) is 5.87 Å². The Hall–Kier alpha value is -1.64. The lowest BCUT2D eigenvalue weighted by atomic mass is 10.2. The van der Waals surface area contributed by atoms with Crippen LogP contribution in [0.15, 0.2) is 0 Å². The van der Waals surface area contributed by atoms with E-state index < -0.39 is 16.6 Å². The molecule has 0 N–H and O–H groups in total. The van der Waals surface area contributed by atoms with Crippen molar-refractivity contribution >= 4 is 35.5 Å². The SMILES string of the molecule is C=[S-](C)=O.CN(C)C=O.O=CN1CC(F)C1.O=CN1CCC1. The first kappa shape index (κ1) is 22.6. The number of halogens is 1. The van der Waals surface area contributed by atoms with Crippen molar-refractivity contribution < 1.29 is 23.0 Å². The Morgan fingerprint density at radius 1 is 1.14 bits per heavy atom. The van der Waals surface area contributed by atoms with Crippen molar-refractivity contribution in [2.24, 2.45) is 0 Å². The molecule has 22 heavy (non-hydrogen) atoms. The highest BCUT2D eigenvalue weighted by atomic mass is 32.2. The third kappa shape index (κ3) is 16.4.